The Morgan fingerprint density at radius 2 is 1.90 bits per heavy atom. The molecule has 30 heavy (non-hydrogen) atoms. The molecule has 2 aromatic carbocycles. The summed E-state index contributed by atoms with van der Waals surface area (Å²) in [5, 5.41) is 13.9. The van der Waals surface area contributed by atoms with E-state index in [0.29, 0.717) is 23.6 Å². The Morgan fingerprint density at radius 3 is 2.70 bits per heavy atom. The Hall–Kier alpha value is -2.35. The third-order valence-electron chi connectivity index (χ3n) is 6.94. The van der Waals surface area contributed by atoms with E-state index in [1.807, 2.05) is 18.2 Å². The van der Waals surface area contributed by atoms with Crippen molar-refractivity contribution in [3.05, 3.63) is 63.9 Å². The lowest BCUT2D eigenvalue weighted by Gasteiger charge is -2.31. The van der Waals surface area contributed by atoms with E-state index in [-0.39, 0.29) is 0 Å². The van der Waals surface area contributed by atoms with Crippen LogP contribution in [0.5, 0.6) is 0 Å². The van der Waals surface area contributed by atoms with E-state index in [2.05, 4.69) is 41.1 Å². The van der Waals surface area contributed by atoms with Crippen LogP contribution >= 0.6 is 11.6 Å². The molecule has 154 valence electrons. The molecule has 5 heteroatoms. The fraction of sp³-hybridized carbons (Fsp3) is 0.440. The first-order valence-electron chi connectivity index (χ1n) is 11.0. The van der Waals surface area contributed by atoms with Gasteiger partial charge in [0.15, 0.2) is 0 Å². The normalized spacial score (nSPS) is 23.4. The number of nitrogens with one attached hydrogen (secondary N) is 1. The van der Waals surface area contributed by atoms with Crippen molar-refractivity contribution in [2.75, 3.05) is 6.54 Å². The number of benzene rings is 2. The number of nitriles is 1. The lowest BCUT2D eigenvalue weighted by molar-refractivity contribution is 0.283. The van der Waals surface area contributed by atoms with Crippen molar-refractivity contribution < 1.29 is 0 Å². The van der Waals surface area contributed by atoms with Gasteiger partial charge in [0.25, 0.3) is 0 Å². The Kier molecular flexibility index (Phi) is 5.26. The second-order valence-electron chi connectivity index (χ2n) is 8.95. The lowest BCUT2D eigenvalue weighted by Crippen LogP contribution is -2.37. The first-order chi connectivity index (χ1) is 14.6. The molecule has 0 bridgehead atoms. The van der Waals surface area contributed by atoms with E-state index in [4.69, 9.17) is 21.8 Å². The van der Waals surface area contributed by atoms with Gasteiger partial charge in [-0.1, -0.05) is 17.7 Å². The van der Waals surface area contributed by atoms with Gasteiger partial charge in [-0.15, -0.1) is 0 Å². The first kappa shape index (κ1) is 19.6. The lowest BCUT2D eigenvalue weighted by atomic mass is 9.90. The smallest absolute Gasteiger partial charge is 0.106 e. The van der Waals surface area contributed by atoms with Crippen molar-refractivity contribution in [1.82, 2.24) is 14.9 Å². The molecule has 1 atom stereocenters. The highest BCUT2D eigenvalue weighted by Gasteiger charge is 2.27. The fourth-order valence-corrected chi connectivity index (χ4v) is 5.64. The zero-order valence-electron chi connectivity index (χ0n) is 17.4. The van der Waals surface area contributed by atoms with Crippen LogP contribution in [0.1, 0.15) is 54.2 Å². The Balaban J connectivity index is 1.18. The molecule has 1 unspecified atom stereocenters. The van der Waals surface area contributed by atoms with Crippen LogP contribution in [0.25, 0.3) is 11.0 Å². The molecule has 4 nitrogen and oxygen atoms in total. The van der Waals surface area contributed by atoms with E-state index >= 15 is 0 Å². The van der Waals surface area contributed by atoms with E-state index < -0.39 is 0 Å². The average molecular weight is 419 g/mol. The van der Waals surface area contributed by atoms with Crippen molar-refractivity contribution in [1.29, 1.82) is 5.26 Å². The van der Waals surface area contributed by atoms with Gasteiger partial charge >= 0.3 is 0 Å². The van der Waals surface area contributed by atoms with Crippen LogP contribution in [0.3, 0.4) is 0 Å². The van der Waals surface area contributed by atoms with E-state index in [9.17, 15) is 0 Å². The van der Waals surface area contributed by atoms with E-state index in [1.54, 1.807) is 0 Å². The molecular weight excluding hydrogens is 392 g/mol. The maximum absolute atomic E-state index is 9.15. The van der Waals surface area contributed by atoms with Crippen LogP contribution in [0.4, 0.5) is 0 Å². The minimum atomic E-state index is 0.499. The molecule has 2 aliphatic rings. The molecule has 3 aromatic rings. The summed E-state index contributed by atoms with van der Waals surface area (Å²) in [6.07, 6.45) is 7.05. The molecule has 1 saturated carbocycles. The van der Waals surface area contributed by atoms with Crippen molar-refractivity contribution in [2.24, 2.45) is 5.92 Å². The number of rotatable bonds is 4. The molecule has 0 radical (unpaired) electrons. The second-order valence-corrected chi connectivity index (χ2v) is 9.38. The van der Waals surface area contributed by atoms with Crippen LogP contribution in [0.2, 0.25) is 5.02 Å². The van der Waals surface area contributed by atoms with Gasteiger partial charge in [0.1, 0.15) is 5.82 Å². The van der Waals surface area contributed by atoms with Crippen LogP contribution < -0.4 is 5.32 Å². The molecule has 5 rings (SSSR count). The summed E-state index contributed by atoms with van der Waals surface area (Å²) in [6, 6.07) is 15.5. The molecule has 1 N–H and O–H groups in total. The first-order valence-corrected chi connectivity index (χ1v) is 11.4. The molecule has 2 aliphatic carbocycles. The van der Waals surface area contributed by atoms with Crippen LogP contribution in [0, 0.1) is 24.2 Å². The van der Waals surface area contributed by atoms with Crippen molar-refractivity contribution >= 4 is 22.6 Å². The van der Waals surface area contributed by atoms with Gasteiger partial charge in [-0.25, -0.2) is 4.98 Å². The Labute approximate surface area is 182 Å². The fourth-order valence-electron chi connectivity index (χ4n) is 5.44. The minimum Gasteiger partial charge on any atom is -0.325 e. The predicted molar refractivity (Wildman–Crippen MR) is 121 cm³/mol. The summed E-state index contributed by atoms with van der Waals surface area (Å²) in [4.78, 5) is 4.72. The topological polar surface area (TPSA) is 53.6 Å². The quantitative estimate of drug-likeness (QED) is 0.620. The number of hydrogen-bond donors (Lipinski definition) is 1. The van der Waals surface area contributed by atoms with Gasteiger partial charge < -0.3 is 9.88 Å². The second kappa shape index (κ2) is 8.06. The Morgan fingerprint density at radius 1 is 1.10 bits per heavy atom. The average Bonchev–Trinajstić information content (AvgIpc) is 3.31. The van der Waals surface area contributed by atoms with Gasteiger partial charge in [0.2, 0.25) is 0 Å². The predicted octanol–water partition coefficient (Wildman–Crippen LogP) is 5.36. The molecule has 0 aliphatic heterocycles. The van der Waals surface area contributed by atoms with Crippen LogP contribution in [-0.2, 0) is 12.8 Å². The summed E-state index contributed by atoms with van der Waals surface area (Å²) in [6.45, 7) is 3.17. The van der Waals surface area contributed by atoms with Crippen molar-refractivity contribution in [3.8, 4) is 6.07 Å². The highest BCUT2D eigenvalue weighted by atomic mass is 35.5. The summed E-state index contributed by atoms with van der Waals surface area (Å²) in [5.41, 5.74) is 5.67. The zero-order valence-corrected chi connectivity index (χ0v) is 18.1. The third-order valence-corrected chi connectivity index (χ3v) is 7.17. The van der Waals surface area contributed by atoms with E-state index in [0.717, 1.165) is 34.8 Å². The third kappa shape index (κ3) is 3.73. The molecule has 1 aromatic heterocycles. The molecule has 0 amide bonds. The molecular formula is C25H27ClN4. The largest absolute Gasteiger partial charge is 0.325 e. The highest BCUT2D eigenvalue weighted by Crippen LogP contribution is 2.34. The number of fused-ring (bicyclic) bond motifs is 2. The maximum Gasteiger partial charge on any atom is 0.106 e. The monoisotopic (exact) mass is 418 g/mol. The number of halogens is 1. The standard InChI is InChI=1S/C25H27ClN4/c1-16-29-24-12-17(14-27)2-9-25(24)30(16)23-7-5-22(6-8-23)28-15-18-10-19-3-4-21(26)13-20(19)11-18/h2-4,9,12-13,18,22-23,28H,5-8,10-11,15H2,1H3/t18?,22-,23+. The minimum absolute atomic E-state index is 0.499. The summed E-state index contributed by atoms with van der Waals surface area (Å²) in [5.74, 6) is 1.74. The number of hydrogen-bond acceptors (Lipinski definition) is 3. The zero-order chi connectivity index (χ0) is 20.7. The number of aromatic nitrogens is 2. The summed E-state index contributed by atoms with van der Waals surface area (Å²) >= 11 is 6.15. The SMILES string of the molecule is Cc1nc2cc(C#N)ccc2n1[C@H]1CC[C@@H](NCC2Cc3ccc(Cl)cc3C2)CC1. The Bertz CT molecular complexity index is 1120. The number of nitrogens with zero attached hydrogens (tertiary/aromatic N) is 3. The van der Waals surface area contributed by atoms with Gasteiger partial charge in [-0.3, -0.25) is 0 Å². The van der Waals surface area contributed by atoms with Crippen molar-refractivity contribution in [2.45, 2.75) is 57.5 Å². The van der Waals surface area contributed by atoms with Gasteiger partial charge in [0, 0.05) is 17.1 Å². The summed E-state index contributed by atoms with van der Waals surface area (Å²) < 4.78 is 2.39. The molecule has 1 fully saturated rings. The van der Waals surface area contributed by atoms with Gasteiger partial charge in [-0.2, -0.15) is 5.26 Å². The van der Waals surface area contributed by atoms with Crippen LogP contribution in [0.15, 0.2) is 36.4 Å². The van der Waals surface area contributed by atoms with Gasteiger partial charge in [-0.05, 0) is 99.4 Å². The van der Waals surface area contributed by atoms with Crippen molar-refractivity contribution in [3.63, 3.8) is 0 Å². The molecule has 1 heterocycles. The summed E-state index contributed by atoms with van der Waals surface area (Å²) in [7, 11) is 0. The number of aryl methyl sites for hydroxylation is 1. The van der Waals surface area contributed by atoms with Crippen LogP contribution in [-0.4, -0.2) is 22.1 Å². The molecule has 0 spiro atoms. The van der Waals surface area contributed by atoms with Gasteiger partial charge in [0.05, 0.1) is 22.7 Å². The highest BCUT2D eigenvalue weighted by molar-refractivity contribution is 6.30. The maximum atomic E-state index is 9.15. The number of imidazole rings is 1. The van der Waals surface area contributed by atoms with E-state index in [1.165, 1.54) is 43.2 Å². The molecule has 0 saturated heterocycles.